The summed E-state index contributed by atoms with van der Waals surface area (Å²) in [5.74, 6) is -6.61. The Labute approximate surface area is 190 Å². The Morgan fingerprint density at radius 2 is 1.85 bits per heavy atom. The zero-order chi connectivity index (χ0) is 25.2. The zero-order valence-electron chi connectivity index (χ0n) is 17.6. The van der Waals surface area contributed by atoms with Crippen LogP contribution in [0.2, 0.25) is 0 Å². The number of alkyl halides is 2. The van der Waals surface area contributed by atoms with E-state index in [0.29, 0.717) is 11.5 Å². The van der Waals surface area contributed by atoms with Crippen molar-refractivity contribution in [2.24, 2.45) is 0 Å². The number of aliphatic hydroxyl groups excluding tert-OH is 3. The number of ether oxygens (including phenoxy) is 3. The second kappa shape index (κ2) is 9.92. The van der Waals surface area contributed by atoms with E-state index in [0.717, 1.165) is 6.92 Å². The van der Waals surface area contributed by atoms with Crippen LogP contribution in [0.4, 0.5) is 19.3 Å². The average molecular weight is 491 g/mol. The van der Waals surface area contributed by atoms with Crippen molar-refractivity contribution in [1.82, 2.24) is 10.6 Å². The molecule has 7 atom stereocenters. The van der Waals surface area contributed by atoms with E-state index in [1.807, 2.05) is 5.32 Å². The fourth-order valence-corrected chi connectivity index (χ4v) is 3.59. The van der Waals surface area contributed by atoms with Gasteiger partial charge in [0, 0.05) is 18.7 Å². The molecule has 3 rings (SSSR count). The summed E-state index contributed by atoms with van der Waals surface area (Å²) in [7, 11) is 0. The normalized spacial score (nSPS) is 29.6. The standard InChI is InChI=1S/C19H23F2N3O10/c1-7(26)22-12-13(24-18(31)23-8-2-3-10-11(4-8)33-6-32-10)16(20)19(21,17(29)30)34-15(12)14(28)9(27)5-25/h2-4,9,12-16,25,27-28H,5-6H2,1H3,(H,22,26)(H,29,30)(H2,23,24,31)/t9-,12-,13-,14-,15-,16?,19?/m1/s1. The minimum absolute atomic E-state index is 0.0356. The topological polar surface area (TPSA) is 196 Å². The Balaban J connectivity index is 1.89. The van der Waals surface area contributed by atoms with Gasteiger partial charge in [0.2, 0.25) is 12.7 Å². The second-order valence-electron chi connectivity index (χ2n) is 7.59. The van der Waals surface area contributed by atoms with Crippen LogP contribution in [0.1, 0.15) is 6.92 Å². The number of nitrogens with one attached hydrogen (secondary N) is 3. The number of hydrogen-bond donors (Lipinski definition) is 7. The van der Waals surface area contributed by atoms with Crippen molar-refractivity contribution in [3.8, 4) is 11.5 Å². The van der Waals surface area contributed by atoms with Gasteiger partial charge in [-0.2, -0.15) is 4.39 Å². The predicted molar refractivity (Wildman–Crippen MR) is 106 cm³/mol. The van der Waals surface area contributed by atoms with Gasteiger partial charge < -0.3 is 50.6 Å². The molecule has 3 amide bonds. The van der Waals surface area contributed by atoms with Gasteiger partial charge in [-0.3, -0.25) is 4.79 Å². The summed E-state index contributed by atoms with van der Waals surface area (Å²) in [6, 6.07) is -0.717. The predicted octanol–water partition coefficient (Wildman–Crippen LogP) is -1.39. The van der Waals surface area contributed by atoms with Gasteiger partial charge >= 0.3 is 17.9 Å². The van der Waals surface area contributed by atoms with Crippen molar-refractivity contribution in [1.29, 1.82) is 0 Å². The SMILES string of the molecule is CC(=O)N[C@H]1[C@H]([C@H](O)[C@H](O)CO)OC(F)(C(=O)O)C(F)[C@@H]1NC(=O)Nc1ccc2c(c1)OCO2. The Kier molecular flexibility index (Phi) is 7.40. The summed E-state index contributed by atoms with van der Waals surface area (Å²) in [5.41, 5.74) is 0.150. The van der Waals surface area contributed by atoms with Crippen molar-refractivity contribution in [3.63, 3.8) is 0 Å². The van der Waals surface area contributed by atoms with Crippen molar-refractivity contribution in [2.75, 3.05) is 18.7 Å². The molecule has 2 heterocycles. The first-order chi connectivity index (χ1) is 16.0. The van der Waals surface area contributed by atoms with Crippen molar-refractivity contribution < 1.29 is 57.8 Å². The molecule has 2 aliphatic rings. The van der Waals surface area contributed by atoms with E-state index < -0.39 is 66.9 Å². The number of benzene rings is 1. The summed E-state index contributed by atoms with van der Waals surface area (Å²) >= 11 is 0. The van der Waals surface area contributed by atoms with Crippen LogP contribution in [0.15, 0.2) is 18.2 Å². The molecule has 13 nitrogen and oxygen atoms in total. The van der Waals surface area contributed by atoms with Crippen molar-refractivity contribution >= 4 is 23.6 Å². The van der Waals surface area contributed by atoms with E-state index in [-0.39, 0.29) is 12.5 Å². The Morgan fingerprint density at radius 1 is 1.18 bits per heavy atom. The molecule has 1 aromatic carbocycles. The van der Waals surface area contributed by atoms with Gasteiger partial charge in [-0.05, 0) is 12.1 Å². The van der Waals surface area contributed by atoms with Gasteiger partial charge in [0.15, 0.2) is 17.7 Å². The van der Waals surface area contributed by atoms with E-state index in [9.17, 15) is 29.7 Å². The lowest BCUT2D eigenvalue weighted by atomic mass is 9.86. The maximum Gasteiger partial charge on any atom is 0.372 e. The third kappa shape index (κ3) is 4.96. The van der Waals surface area contributed by atoms with E-state index >= 15 is 8.78 Å². The average Bonchev–Trinajstić information content (AvgIpc) is 3.25. The zero-order valence-corrected chi connectivity index (χ0v) is 17.6. The molecule has 15 heteroatoms. The first-order valence-electron chi connectivity index (χ1n) is 9.93. The number of rotatable bonds is 7. The van der Waals surface area contributed by atoms with E-state index in [1.165, 1.54) is 18.2 Å². The second-order valence-corrected chi connectivity index (χ2v) is 7.59. The minimum atomic E-state index is -4.08. The van der Waals surface area contributed by atoms with Gasteiger partial charge in [0.25, 0.3) is 0 Å². The number of anilines is 1. The Bertz CT molecular complexity index is 953. The van der Waals surface area contributed by atoms with Crippen LogP contribution in [0.25, 0.3) is 0 Å². The maximum atomic E-state index is 15.1. The maximum absolute atomic E-state index is 15.1. The molecule has 2 aliphatic heterocycles. The fraction of sp³-hybridized carbons (Fsp3) is 0.526. The first kappa shape index (κ1) is 25.4. The van der Waals surface area contributed by atoms with Crippen LogP contribution in [-0.4, -0.2) is 94.2 Å². The fourth-order valence-electron chi connectivity index (χ4n) is 3.59. The van der Waals surface area contributed by atoms with E-state index in [2.05, 4.69) is 15.4 Å². The van der Waals surface area contributed by atoms with Gasteiger partial charge in [0.1, 0.15) is 18.3 Å². The van der Waals surface area contributed by atoms with Gasteiger partial charge in [0.05, 0.1) is 18.7 Å². The van der Waals surface area contributed by atoms with Crippen molar-refractivity contribution in [2.45, 2.75) is 49.3 Å². The summed E-state index contributed by atoms with van der Waals surface area (Å²) < 4.78 is 45.2. The summed E-state index contributed by atoms with van der Waals surface area (Å²) in [6.45, 7) is -0.106. The molecule has 0 radical (unpaired) electrons. The highest BCUT2D eigenvalue weighted by molar-refractivity contribution is 5.90. The molecule has 34 heavy (non-hydrogen) atoms. The van der Waals surface area contributed by atoms with Gasteiger partial charge in [-0.25, -0.2) is 14.0 Å². The molecule has 7 N–H and O–H groups in total. The van der Waals surface area contributed by atoms with Crippen LogP contribution in [0, 0.1) is 0 Å². The number of urea groups is 1. The van der Waals surface area contributed by atoms with Gasteiger partial charge in [-0.1, -0.05) is 0 Å². The lowest BCUT2D eigenvalue weighted by molar-refractivity contribution is -0.277. The van der Waals surface area contributed by atoms with Crippen LogP contribution in [0.5, 0.6) is 11.5 Å². The van der Waals surface area contributed by atoms with Crippen LogP contribution in [-0.2, 0) is 14.3 Å². The number of carboxylic acid groups (broad SMARTS) is 1. The number of halogens is 2. The lowest BCUT2D eigenvalue weighted by Crippen LogP contribution is -2.74. The molecule has 188 valence electrons. The highest BCUT2D eigenvalue weighted by Crippen LogP contribution is 2.37. The number of amides is 3. The minimum Gasteiger partial charge on any atom is -0.477 e. The summed E-state index contributed by atoms with van der Waals surface area (Å²) in [4.78, 5) is 35.8. The molecular weight excluding hydrogens is 468 g/mol. The molecule has 1 fully saturated rings. The van der Waals surface area contributed by atoms with E-state index in [4.69, 9.17) is 14.6 Å². The van der Waals surface area contributed by atoms with Crippen LogP contribution in [0.3, 0.4) is 0 Å². The molecule has 1 aromatic rings. The highest BCUT2D eigenvalue weighted by atomic mass is 19.2. The van der Waals surface area contributed by atoms with E-state index in [1.54, 1.807) is 0 Å². The number of aliphatic carboxylic acids is 1. The summed E-state index contributed by atoms with van der Waals surface area (Å²) in [5, 5.41) is 44.9. The van der Waals surface area contributed by atoms with Crippen LogP contribution >= 0.6 is 0 Å². The number of aliphatic hydroxyl groups is 3. The highest BCUT2D eigenvalue weighted by Gasteiger charge is 2.63. The smallest absolute Gasteiger partial charge is 0.372 e. The third-order valence-corrected chi connectivity index (χ3v) is 5.23. The largest absolute Gasteiger partial charge is 0.477 e. The first-order valence-corrected chi connectivity index (χ1v) is 9.93. The number of fused-ring (bicyclic) bond motifs is 1. The molecule has 0 saturated carbocycles. The molecule has 0 spiro atoms. The number of hydrogen-bond acceptors (Lipinski definition) is 9. The molecule has 1 saturated heterocycles. The number of carboxylic acids is 1. The van der Waals surface area contributed by atoms with Crippen LogP contribution < -0.4 is 25.4 Å². The monoisotopic (exact) mass is 491 g/mol. The molecular formula is C19H23F2N3O10. The molecule has 2 unspecified atom stereocenters. The Hall–Kier alpha value is -3.27. The number of carbonyl (C=O) groups excluding carboxylic acids is 2. The number of carbonyl (C=O) groups is 3. The molecule has 0 aromatic heterocycles. The third-order valence-electron chi connectivity index (χ3n) is 5.23. The lowest BCUT2D eigenvalue weighted by Gasteiger charge is -2.47. The van der Waals surface area contributed by atoms with Crippen molar-refractivity contribution in [3.05, 3.63) is 18.2 Å². The quantitative estimate of drug-likeness (QED) is 0.239. The Morgan fingerprint density at radius 3 is 2.47 bits per heavy atom. The van der Waals surface area contributed by atoms with Gasteiger partial charge in [-0.15, -0.1) is 0 Å². The molecule has 0 bridgehead atoms. The summed E-state index contributed by atoms with van der Waals surface area (Å²) in [6.07, 6.45) is -9.31. The molecule has 0 aliphatic carbocycles.